The second-order valence-corrected chi connectivity index (χ2v) is 2.65. The van der Waals surface area contributed by atoms with Gasteiger partial charge in [-0.15, -0.1) is 0 Å². The number of aromatic nitrogens is 2. The van der Waals surface area contributed by atoms with Crippen molar-refractivity contribution in [3.63, 3.8) is 0 Å². The molecule has 0 spiro atoms. The fourth-order valence-electron chi connectivity index (χ4n) is 0.919. The molecule has 0 aliphatic carbocycles. The number of hydrogen-bond acceptors (Lipinski definition) is 3. The Kier molecular flexibility index (Phi) is 2.44. The van der Waals surface area contributed by atoms with Crippen LogP contribution in [0.5, 0.6) is 0 Å². The molecule has 0 radical (unpaired) electrons. The van der Waals surface area contributed by atoms with E-state index in [1.807, 2.05) is 0 Å². The van der Waals surface area contributed by atoms with Gasteiger partial charge < -0.3 is 15.8 Å². The molecule has 0 saturated heterocycles. The second-order valence-electron chi connectivity index (χ2n) is 2.65. The number of nitrogens with two attached hydrogens (primary N) is 1. The predicted octanol–water partition coefficient (Wildman–Crippen LogP) is -0.0749. The molecule has 12 heavy (non-hydrogen) atoms. The number of hydrogen-bond donors (Lipinski definition) is 3. The van der Waals surface area contributed by atoms with Crippen molar-refractivity contribution in [2.45, 2.75) is 18.9 Å². The SMILES string of the molecule is CC(c1c[nH]cn1)[C@@H](N)C(=O)O. The topological polar surface area (TPSA) is 92.0 Å². The lowest BCUT2D eigenvalue weighted by Crippen LogP contribution is -2.35. The van der Waals surface area contributed by atoms with Crippen molar-refractivity contribution in [1.82, 2.24) is 9.97 Å². The third-order valence-electron chi connectivity index (χ3n) is 1.81. The van der Waals surface area contributed by atoms with E-state index in [0.717, 1.165) is 0 Å². The van der Waals surface area contributed by atoms with E-state index in [9.17, 15) is 4.79 Å². The van der Waals surface area contributed by atoms with Crippen LogP contribution in [0.4, 0.5) is 0 Å². The third-order valence-corrected chi connectivity index (χ3v) is 1.81. The van der Waals surface area contributed by atoms with Crippen molar-refractivity contribution in [1.29, 1.82) is 0 Å². The first-order valence-electron chi connectivity index (χ1n) is 3.60. The third kappa shape index (κ3) is 1.62. The van der Waals surface area contributed by atoms with Gasteiger partial charge in [-0.25, -0.2) is 4.98 Å². The maximum Gasteiger partial charge on any atom is 0.321 e. The summed E-state index contributed by atoms with van der Waals surface area (Å²) in [5.74, 6) is -1.28. The van der Waals surface area contributed by atoms with Crippen LogP contribution >= 0.6 is 0 Å². The highest BCUT2D eigenvalue weighted by Gasteiger charge is 2.22. The first kappa shape index (κ1) is 8.73. The molecule has 2 atom stereocenters. The summed E-state index contributed by atoms with van der Waals surface area (Å²) < 4.78 is 0. The monoisotopic (exact) mass is 169 g/mol. The van der Waals surface area contributed by atoms with Crippen LogP contribution in [0.3, 0.4) is 0 Å². The summed E-state index contributed by atoms with van der Waals surface area (Å²) in [4.78, 5) is 17.1. The molecule has 0 amide bonds. The number of carboxylic acid groups (broad SMARTS) is 1. The molecule has 0 saturated carbocycles. The lowest BCUT2D eigenvalue weighted by molar-refractivity contribution is -0.139. The van der Waals surface area contributed by atoms with E-state index in [0.29, 0.717) is 5.69 Å². The molecule has 1 aromatic heterocycles. The molecular weight excluding hydrogens is 158 g/mol. The Labute approximate surface area is 69.6 Å². The highest BCUT2D eigenvalue weighted by atomic mass is 16.4. The lowest BCUT2D eigenvalue weighted by atomic mass is 10.0. The molecule has 66 valence electrons. The van der Waals surface area contributed by atoms with Crippen LogP contribution in [-0.2, 0) is 4.79 Å². The van der Waals surface area contributed by atoms with Gasteiger partial charge in [0, 0.05) is 12.1 Å². The Bertz CT molecular complexity index is 258. The van der Waals surface area contributed by atoms with E-state index in [1.165, 1.54) is 6.33 Å². The zero-order chi connectivity index (χ0) is 9.14. The van der Waals surface area contributed by atoms with Gasteiger partial charge >= 0.3 is 5.97 Å². The number of H-pyrrole nitrogens is 1. The number of carbonyl (C=O) groups is 1. The van der Waals surface area contributed by atoms with Crippen molar-refractivity contribution in [3.8, 4) is 0 Å². The van der Waals surface area contributed by atoms with Crippen LogP contribution in [0.2, 0.25) is 0 Å². The molecule has 0 aromatic carbocycles. The minimum Gasteiger partial charge on any atom is -0.480 e. The molecule has 0 aliphatic heterocycles. The van der Waals surface area contributed by atoms with Crippen LogP contribution in [0, 0.1) is 0 Å². The first-order valence-corrected chi connectivity index (χ1v) is 3.60. The Morgan fingerprint density at radius 1 is 1.83 bits per heavy atom. The second kappa shape index (κ2) is 3.36. The highest BCUT2D eigenvalue weighted by Crippen LogP contribution is 2.14. The average Bonchev–Trinajstić information content (AvgIpc) is 2.53. The van der Waals surface area contributed by atoms with Crippen LogP contribution < -0.4 is 5.73 Å². The molecular formula is C7H11N3O2. The lowest BCUT2D eigenvalue weighted by Gasteiger charge is -2.12. The summed E-state index contributed by atoms with van der Waals surface area (Å²) in [5, 5.41) is 8.59. The molecule has 5 heteroatoms. The molecule has 0 aliphatic rings. The first-order chi connectivity index (χ1) is 5.63. The molecule has 1 aromatic rings. The summed E-state index contributed by atoms with van der Waals surface area (Å²) >= 11 is 0. The highest BCUT2D eigenvalue weighted by molar-refractivity contribution is 5.74. The van der Waals surface area contributed by atoms with Crippen molar-refractivity contribution >= 4 is 5.97 Å². The zero-order valence-electron chi connectivity index (χ0n) is 6.69. The van der Waals surface area contributed by atoms with E-state index in [4.69, 9.17) is 10.8 Å². The largest absolute Gasteiger partial charge is 0.480 e. The fraction of sp³-hybridized carbons (Fsp3) is 0.429. The van der Waals surface area contributed by atoms with Gasteiger partial charge in [-0.3, -0.25) is 4.79 Å². The van der Waals surface area contributed by atoms with E-state index < -0.39 is 12.0 Å². The molecule has 0 fully saturated rings. The molecule has 1 heterocycles. The number of nitrogens with zero attached hydrogens (tertiary/aromatic N) is 1. The van der Waals surface area contributed by atoms with E-state index in [1.54, 1.807) is 13.1 Å². The quantitative estimate of drug-likeness (QED) is 0.590. The van der Waals surface area contributed by atoms with Crippen molar-refractivity contribution in [3.05, 3.63) is 18.2 Å². The van der Waals surface area contributed by atoms with Gasteiger partial charge in [0.2, 0.25) is 0 Å². The molecule has 5 nitrogen and oxygen atoms in total. The van der Waals surface area contributed by atoms with Gasteiger partial charge in [-0.1, -0.05) is 6.92 Å². The minimum absolute atomic E-state index is 0.270. The Balaban J connectivity index is 2.71. The normalized spacial score (nSPS) is 15.5. The van der Waals surface area contributed by atoms with Gasteiger partial charge in [0.05, 0.1) is 12.0 Å². The Morgan fingerprint density at radius 3 is 2.92 bits per heavy atom. The van der Waals surface area contributed by atoms with E-state index in [-0.39, 0.29) is 5.92 Å². The number of rotatable bonds is 3. The van der Waals surface area contributed by atoms with E-state index in [2.05, 4.69) is 9.97 Å². The maximum absolute atomic E-state index is 10.5. The standard InChI is InChI=1S/C7H11N3O2/c1-4(6(8)7(11)12)5-2-9-3-10-5/h2-4,6H,8H2,1H3,(H,9,10)(H,11,12)/t4?,6-/m1/s1. The molecule has 1 rings (SSSR count). The summed E-state index contributed by atoms with van der Waals surface area (Å²) in [7, 11) is 0. The van der Waals surface area contributed by atoms with Crippen molar-refractivity contribution < 1.29 is 9.90 Å². The van der Waals surface area contributed by atoms with Crippen LogP contribution in [0.1, 0.15) is 18.5 Å². The van der Waals surface area contributed by atoms with Crippen molar-refractivity contribution in [2.75, 3.05) is 0 Å². The molecule has 0 bridgehead atoms. The van der Waals surface area contributed by atoms with Gasteiger partial charge in [0.1, 0.15) is 6.04 Å². The number of nitrogens with one attached hydrogen (secondary N) is 1. The van der Waals surface area contributed by atoms with Gasteiger partial charge in [0.15, 0.2) is 0 Å². The van der Waals surface area contributed by atoms with Gasteiger partial charge in [-0.2, -0.15) is 0 Å². The summed E-state index contributed by atoms with van der Waals surface area (Å²) in [6.45, 7) is 1.73. The van der Waals surface area contributed by atoms with Gasteiger partial charge in [0.25, 0.3) is 0 Å². The van der Waals surface area contributed by atoms with Gasteiger partial charge in [-0.05, 0) is 0 Å². The maximum atomic E-state index is 10.5. The fourth-order valence-corrected chi connectivity index (χ4v) is 0.919. The predicted molar refractivity (Wildman–Crippen MR) is 42.6 cm³/mol. The van der Waals surface area contributed by atoms with Crippen LogP contribution in [-0.4, -0.2) is 27.1 Å². The number of carboxylic acids is 1. The minimum atomic E-state index is -1.01. The van der Waals surface area contributed by atoms with Crippen molar-refractivity contribution in [2.24, 2.45) is 5.73 Å². The van der Waals surface area contributed by atoms with Crippen LogP contribution in [0.25, 0.3) is 0 Å². The Morgan fingerprint density at radius 2 is 2.50 bits per heavy atom. The summed E-state index contributed by atoms with van der Waals surface area (Å²) in [6.07, 6.45) is 3.15. The number of aromatic amines is 1. The summed E-state index contributed by atoms with van der Waals surface area (Å²) in [5.41, 5.74) is 6.07. The van der Waals surface area contributed by atoms with Crippen LogP contribution in [0.15, 0.2) is 12.5 Å². The number of aliphatic carboxylic acids is 1. The summed E-state index contributed by atoms with van der Waals surface area (Å²) in [6, 6.07) is -0.895. The smallest absolute Gasteiger partial charge is 0.321 e. The average molecular weight is 169 g/mol. The molecule has 1 unspecified atom stereocenters. The Hall–Kier alpha value is -1.36. The number of imidazole rings is 1. The van der Waals surface area contributed by atoms with E-state index >= 15 is 0 Å². The molecule has 4 N–H and O–H groups in total. The zero-order valence-corrected chi connectivity index (χ0v) is 6.69.